The highest BCUT2D eigenvalue weighted by molar-refractivity contribution is 5.67. The molecule has 0 aliphatic rings. The summed E-state index contributed by atoms with van der Waals surface area (Å²) in [7, 11) is 0. The second-order valence-electron chi connectivity index (χ2n) is 3.13. The van der Waals surface area contributed by atoms with E-state index in [0.717, 1.165) is 0 Å². The lowest BCUT2D eigenvalue weighted by molar-refractivity contribution is 0.119. The number of benzene rings is 1. The minimum Gasteiger partial charge on any atom is -0.447 e. The number of nitrogens with one attached hydrogen (secondary N) is 1. The van der Waals surface area contributed by atoms with Crippen molar-refractivity contribution in [1.82, 2.24) is 5.32 Å². The number of amides is 1. The molecule has 0 aliphatic heterocycles. The Morgan fingerprint density at radius 1 is 1.44 bits per heavy atom. The van der Waals surface area contributed by atoms with Crippen molar-refractivity contribution in [3.8, 4) is 0 Å². The first-order valence-corrected chi connectivity index (χ1v) is 4.99. The Bertz CT molecular complexity index is 344. The molecule has 0 saturated heterocycles. The molecule has 0 unspecified atom stereocenters. The van der Waals surface area contributed by atoms with E-state index in [2.05, 4.69) is 10.1 Å². The first-order valence-electron chi connectivity index (χ1n) is 4.99. The van der Waals surface area contributed by atoms with E-state index in [1.54, 1.807) is 18.2 Å². The van der Waals surface area contributed by atoms with Crippen molar-refractivity contribution in [2.24, 2.45) is 0 Å². The number of ether oxygens (including phenoxy) is 1. The Hall–Kier alpha value is -1.62. The maximum Gasteiger partial charge on any atom is 0.407 e. The van der Waals surface area contributed by atoms with E-state index in [0.29, 0.717) is 18.5 Å². The van der Waals surface area contributed by atoms with Crippen LogP contribution in [0.25, 0.3) is 0 Å². The molecule has 0 atom stereocenters. The number of aliphatic hydroxyl groups excluding tert-OH is 1. The van der Waals surface area contributed by atoms with Gasteiger partial charge in [-0.15, -0.1) is 0 Å². The summed E-state index contributed by atoms with van der Waals surface area (Å²) >= 11 is 0. The molecule has 0 fully saturated rings. The lowest BCUT2D eigenvalue weighted by Crippen LogP contribution is -2.27. The van der Waals surface area contributed by atoms with E-state index in [1.807, 2.05) is 0 Å². The van der Waals surface area contributed by atoms with Gasteiger partial charge in [-0.3, -0.25) is 0 Å². The average molecular weight is 227 g/mol. The molecule has 1 rings (SSSR count). The van der Waals surface area contributed by atoms with Crippen molar-refractivity contribution >= 4 is 6.09 Å². The minimum atomic E-state index is -0.606. The molecule has 88 valence electrons. The van der Waals surface area contributed by atoms with Gasteiger partial charge in [0.15, 0.2) is 0 Å². The third kappa shape index (κ3) is 4.27. The summed E-state index contributed by atoms with van der Waals surface area (Å²) in [5.74, 6) is -0.284. The van der Waals surface area contributed by atoms with E-state index in [-0.39, 0.29) is 19.0 Å². The Morgan fingerprint density at radius 2 is 2.19 bits per heavy atom. The molecular weight excluding hydrogens is 213 g/mol. The molecule has 0 saturated carbocycles. The summed E-state index contributed by atoms with van der Waals surface area (Å²) in [6.45, 7) is 0.0530. The van der Waals surface area contributed by atoms with E-state index in [4.69, 9.17) is 5.11 Å². The number of carbonyl (C=O) groups excluding carboxylic acids is 1. The maximum absolute atomic E-state index is 13.1. The van der Waals surface area contributed by atoms with Crippen molar-refractivity contribution in [3.05, 3.63) is 35.6 Å². The predicted molar refractivity (Wildman–Crippen MR) is 56.5 cm³/mol. The van der Waals surface area contributed by atoms with Gasteiger partial charge in [-0.2, -0.15) is 0 Å². The average Bonchev–Trinajstić information content (AvgIpc) is 2.29. The van der Waals surface area contributed by atoms with Crippen molar-refractivity contribution in [2.45, 2.75) is 6.42 Å². The van der Waals surface area contributed by atoms with Gasteiger partial charge in [0.05, 0.1) is 6.61 Å². The normalized spacial score (nSPS) is 9.88. The standard InChI is InChI=1S/C11H14FNO3/c12-10-4-2-1-3-9(10)5-6-13-11(15)16-8-7-14/h1-4,14H,5-8H2,(H,13,15). The van der Waals surface area contributed by atoms with Crippen molar-refractivity contribution in [1.29, 1.82) is 0 Å². The molecule has 4 nitrogen and oxygen atoms in total. The topological polar surface area (TPSA) is 58.6 Å². The van der Waals surface area contributed by atoms with E-state index in [9.17, 15) is 9.18 Å². The van der Waals surface area contributed by atoms with Crippen molar-refractivity contribution in [2.75, 3.05) is 19.8 Å². The maximum atomic E-state index is 13.1. The summed E-state index contributed by atoms with van der Waals surface area (Å²) in [6, 6.07) is 6.39. The van der Waals surface area contributed by atoms with Gasteiger partial charge < -0.3 is 15.2 Å². The van der Waals surface area contributed by atoms with Crippen LogP contribution >= 0.6 is 0 Å². The molecule has 1 amide bonds. The fraction of sp³-hybridized carbons (Fsp3) is 0.364. The van der Waals surface area contributed by atoms with Crippen LogP contribution in [0.4, 0.5) is 9.18 Å². The zero-order chi connectivity index (χ0) is 11.8. The highest BCUT2D eigenvalue weighted by Crippen LogP contribution is 2.05. The number of rotatable bonds is 5. The highest BCUT2D eigenvalue weighted by Gasteiger charge is 2.03. The first-order chi connectivity index (χ1) is 7.74. The van der Waals surface area contributed by atoms with Gasteiger partial charge >= 0.3 is 6.09 Å². The van der Waals surface area contributed by atoms with Crippen LogP contribution in [0, 0.1) is 5.82 Å². The molecule has 16 heavy (non-hydrogen) atoms. The third-order valence-electron chi connectivity index (χ3n) is 1.95. The molecule has 2 N–H and O–H groups in total. The molecular formula is C11H14FNO3. The molecule has 1 aromatic rings. The Labute approximate surface area is 93.0 Å². The molecule has 0 heterocycles. The van der Waals surface area contributed by atoms with Crippen LogP contribution < -0.4 is 5.32 Å². The molecule has 1 aromatic carbocycles. The third-order valence-corrected chi connectivity index (χ3v) is 1.95. The van der Waals surface area contributed by atoms with Gasteiger partial charge in [0.2, 0.25) is 0 Å². The quantitative estimate of drug-likeness (QED) is 0.791. The van der Waals surface area contributed by atoms with Crippen LogP contribution in [-0.4, -0.2) is 31.0 Å². The molecule has 0 radical (unpaired) electrons. The zero-order valence-electron chi connectivity index (χ0n) is 8.78. The number of carbonyl (C=O) groups is 1. The number of alkyl carbamates (subject to hydrolysis) is 1. The summed E-state index contributed by atoms with van der Waals surface area (Å²) < 4.78 is 17.7. The summed E-state index contributed by atoms with van der Waals surface area (Å²) in [5.41, 5.74) is 0.546. The lowest BCUT2D eigenvalue weighted by Gasteiger charge is -2.06. The van der Waals surface area contributed by atoms with Gasteiger partial charge in [-0.05, 0) is 18.1 Å². The SMILES string of the molecule is O=C(NCCc1ccccc1F)OCCO. The molecule has 0 aromatic heterocycles. The molecule has 5 heteroatoms. The summed E-state index contributed by atoms with van der Waals surface area (Å²) in [6.07, 6.45) is -0.202. The van der Waals surface area contributed by atoms with Crippen LogP contribution in [0.1, 0.15) is 5.56 Å². The van der Waals surface area contributed by atoms with Gasteiger partial charge in [0, 0.05) is 6.54 Å². The van der Waals surface area contributed by atoms with Gasteiger partial charge in [-0.1, -0.05) is 18.2 Å². The Kier molecular flexibility index (Phi) is 5.28. The monoisotopic (exact) mass is 227 g/mol. The van der Waals surface area contributed by atoms with Gasteiger partial charge in [0.25, 0.3) is 0 Å². The largest absolute Gasteiger partial charge is 0.447 e. The van der Waals surface area contributed by atoms with Gasteiger partial charge in [0.1, 0.15) is 12.4 Å². The van der Waals surface area contributed by atoms with E-state index >= 15 is 0 Å². The van der Waals surface area contributed by atoms with Crippen LogP contribution in [-0.2, 0) is 11.2 Å². The number of halogens is 1. The molecule has 0 bridgehead atoms. The summed E-state index contributed by atoms with van der Waals surface area (Å²) in [4.78, 5) is 10.9. The molecule has 0 aliphatic carbocycles. The number of hydrogen-bond acceptors (Lipinski definition) is 3. The second-order valence-corrected chi connectivity index (χ2v) is 3.13. The lowest BCUT2D eigenvalue weighted by atomic mass is 10.1. The van der Waals surface area contributed by atoms with E-state index < -0.39 is 6.09 Å². The Balaban J connectivity index is 2.25. The van der Waals surface area contributed by atoms with Crippen LogP contribution in [0.5, 0.6) is 0 Å². The van der Waals surface area contributed by atoms with Gasteiger partial charge in [-0.25, -0.2) is 9.18 Å². The fourth-order valence-corrected chi connectivity index (χ4v) is 1.19. The first kappa shape index (κ1) is 12.4. The van der Waals surface area contributed by atoms with Crippen molar-refractivity contribution < 1.29 is 19.0 Å². The smallest absolute Gasteiger partial charge is 0.407 e. The van der Waals surface area contributed by atoms with Crippen LogP contribution in [0.2, 0.25) is 0 Å². The molecule has 0 spiro atoms. The fourth-order valence-electron chi connectivity index (χ4n) is 1.19. The van der Waals surface area contributed by atoms with E-state index in [1.165, 1.54) is 6.07 Å². The Morgan fingerprint density at radius 3 is 2.88 bits per heavy atom. The zero-order valence-corrected chi connectivity index (χ0v) is 8.78. The number of hydrogen-bond donors (Lipinski definition) is 2. The summed E-state index contributed by atoms with van der Waals surface area (Å²) in [5, 5.41) is 10.9. The highest BCUT2D eigenvalue weighted by atomic mass is 19.1. The number of aliphatic hydroxyl groups is 1. The van der Waals surface area contributed by atoms with Crippen molar-refractivity contribution in [3.63, 3.8) is 0 Å². The predicted octanol–water partition coefficient (Wildman–Crippen LogP) is 1.09. The minimum absolute atomic E-state index is 0.0362. The second kappa shape index (κ2) is 6.79. The van der Waals surface area contributed by atoms with Crippen LogP contribution in [0.15, 0.2) is 24.3 Å². The van der Waals surface area contributed by atoms with Crippen LogP contribution in [0.3, 0.4) is 0 Å².